The molecular formula is C13H12FN3OS. The normalized spacial score (nSPS) is 11.8. The van der Waals surface area contributed by atoms with Gasteiger partial charge in [0.15, 0.2) is 0 Å². The van der Waals surface area contributed by atoms with E-state index >= 15 is 0 Å². The number of rotatable bonds is 2. The highest BCUT2D eigenvalue weighted by atomic mass is 32.1. The number of benzene rings is 1. The summed E-state index contributed by atoms with van der Waals surface area (Å²) in [7, 11) is 3.91. The van der Waals surface area contributed by atoms with Crippen molar-refractivity contribution < 1.29 is 4.39 Å². The van der Waals surface area contributed by atoms with E-state index in [-0.39, 0.29) is 5.56 Å². The summed E-state index contributed by atoms with van der Waals surface area (Å²) in [4.78, 5) is 17.4. The van der Waals surface area contributed by atoms with Crippen LogP contribution in [-0.2, 0) is 6.54 Å². The zero-order valence-electron chi connectivity index (χ0n) is 10.5. The van der Waals surface area contributed by atoms with Gasteiger partial charge in [0.1, 0.15) is 10.6 Å². The van der Waals surface area contributed by atoms with Crippen LogP contribution in [0.4, 0.5) is 4.39 Å². The Bertz CT molecular complexity index is 822. The number of fused-ring (bicyclic) bond motifs is 3. The van der Waals surface area contributed by atoms with Crippen molar-refractivity contribution in [2.75, 3.05) is 14.1 Å². The average molecular weight is 277 g/mol. The van der Waals surface area contributed by atoms with Gasteiger partial charge in [-0.3, -0.25) is 4.79 Å². The Balaban J connectivity index is 2.42. The Morgan fingerprint density at radius 1 is 1.37 bits per heavy atom. The fourth-order valence-electron chi connectivity index (χ4n) is 2.19. The Morgan fingerprint density at radius 3 is 2.89 bits per heavy atom. The van der Waals surface area contributed by atoms with Crippen LogP contribution in [0.2, 0.25) is 0 Å². The van der Waals surface area contributed by atoms with E-state index < -0.39 is 5.82 Å². The molecule has 2 heterocycles. The quantitative estimate of drug-likeness (QED) is 0.782. The molecule has 19 heavy (non-hydrogen) atoms. The van der Waals surface area contributed by atoms with Crippen molar-refractivity contribution >= 4 is 32.5 Å². The molecule has 2 aromatic heterocycles. The highest BCUT2D eigenvalue weighted by molar-refractivity contribution is 7.13. The lowest BCUT2D eigenvalue weighted by molar-refractivity contribution is 0.400. The third-order valence-corrected chi connectivity index (χ3v) is 3.75. The van der Waals surface area contributed by atoms with Gasteiger partial charge in [0.05, 0.1) is 11.1 Å². The molecule has 0 aliphatic rings. The number of aromatic nitrogens is 2. The monoisotopic (exact) mass is 277 g/mol. The molecule has 0 atom stereocenters. The standard InChI is InChI=1S/C13H12FN3OS/c1-17(2)6-10-11-8-4-3-7(14)5-9(8)12(18)15-13(11)19-16-10/h3-5H,6H2,1-2H3,(H,15,18). The fourth-order valence-corrected chi connectivity index (χ4v) is 2.99. The molecule has 0 radical (unpaired) electrons. The Morgan fingerprint density at radius 2 is 2.16 bits per heavy atom. The van der Waals surface area contributed by atoms with E-state index in [1.165, 1.54) is 23.7 Å². The van der Waals surface area contributed by atoms with Crippen molar-refractivity contribution in [2.45, 2.75) is 6.54 Å². The fraction of sp³-hybridized carbons (Fsp3) is 0.231. The molecule has 1 N–H and O–H groups in total. The van der Waals surface area contributed by atoms with Crippen LogP contribution in [0.15, 0.2) is 23.0 Å². The highest BCUT2D eigenvalue weighted by Crippen LogP contribution is 2.28. The summed E-state index contributed by atoms with van der Waals surface area (Å²) < 4.78 is 17.7. The van der Waals surface area contributed by atoms with Crippen molar-refractivity contribution in [3.8, 4) is 0 Å². The third kappa shape index (κ3) is 2.02. The molecule has 3 rings (SSSR count). The van der Waals surface area contributed by atoms with Gasteiger partial charge in [-0.25, -0.2) is 4.39 Å². The Labute approximate surface area is 112 Å². The molecule has 0 spiro atoms. The van der Waals surface area contributed by atoms with E-state index in [0.29, 0.717) is 11.9 Å². The molecule has 3 aromatic rings. The van der Waals surface area contributed by atoms with Crippen LogP contribution in [0.1, 0.15) is 5.69 Å². The van der Waals surface area contributed by atoms with Crippen LogP contribution < -0.4 is 5.56 Å². The summed E-state index contributed by atoms with van der Waals surface area (Å²) >= 11 is 1.26. The summed E-state index contributed by atoms with van der Waals surface area (Å²) in [6, 6.07) is 4.29. The van der Waals surface area contributed by atoms with E-state index in [4.69, 9.17) is 0 Å². The molecule has 0 unspecified atom stereocenters. The Hall–Kier alpha value is -1.79. The average Bonchev–Trinajstić information content (AvgIpc) is 2.72. The zero-order chi connectivity index (χ0) is 13.6. The summed E-state index contributed by atoms with van der Waals surface area (Å²) in [6.07, 6.45) is 0. The van der Waals surface area contributed by atoms with Crippen LogP contribution in [0.3, 0.4) is 0 Å². The molecule has 4 nitrogen and oxygen atoms in total. The highest BCUT2D eigenvalue weighted by Gasteiger charge is 2.13. The second-order valence-corrected chi connectivity index (χ2v) is 5.49. The number of nitrogens with zero attached hydrogens (tertiary/aromatic N) is 2. The summed E-state index contributed by atoms with van der Waals surface area (Å²) in [5, 5.41) is 2.03. The van der Waals surface area contributed by atoms with Gasteiger partial charge >= 0.3 is 0 Å². The summed E-state index contributed by atoms with van der Waals surface area (Å²) in [6.45, 7) is 0.679. The lowest BCUT2D eigenvalue weighted by Crippen LogP contribution is -2.11. The van der Waals surface area contributed by atoms with Gasteiger partial charge in [-0.05, 0) is 43.1 Å². The number of halogens is 1. The number of hydrogen-bond acceptors (Lipinski definition) is 4. The van der Waals surface area contributed by atoms with Crippen molar-refractivity contribution in [3.05, 3.63) is 40.1 Å². The first-order valence-electron chi connectivity index (χ1n) is 5.81. The van der Waals surface area contributed by atoms with Crippen LogP contribution in [-0.4, -0.2) is 28.4 Å². The van der Waals surface area contributed by atoms with E-state index in [2.05, 4.69) is 9.36 Å². The van der Waals surface area contributed by atoms with Crippen molar-refractivity contribution in [1.29, 1.82) is 0 Å². The van der Waals surface area contributed by atoms with Crippen molar-refractivity contribution in [3.63, 3.8) is 0 Å². The van der Waals surface area contributed by atoms with Crippen molar-refractivity contribution in [1.82, 2.24) is 14.3 Å². The molecule has 0 bridgehead atoms. The lowest BCUT2D eigenvalue weighted by atomic mass is 10.1. The molecule has 0 aliphatic carbocycles. The molecule has 0 saturated heterocycles. The van der Waals surface area contributed by atoms with Gasteiger partial charge in [-0.1, -0.05) is 6.07 Å². The SMILES string of the molecule is CN(C)Cc1nsc2[nH]c(=O)c3cc(F)ccc3c12. The van der Waals surface area contributed by atoms with Crippen LogP contribution in [0.5, 0.6) is 0 Å². The Kier molecular flexibility index (Phi) is 2.83. The minimum absolute atomic E-state index is 0.276. The number of nitrogens with one attached hydrogen (secondary N) is 1. The van der Waals surface area contributed by atoms with E-state index in [1.54, 1.807) is 6.07 Å². The van der Waals surface area contributed by atoms with Crippen LogP contribution in [0, 0.1) is 5.82 Å². The molecule has 98 valence electrons. The number of H-pyrrole nitrogens is 1. The van der Waals surface area contributed by atoms with E-state index in [1.807, 2.05) is 19.0 Å². The van der Waals surface area contributed by atoms with E-state index in [0.717, 1.165) is 21.3 Å². The first-order chi connectivity index (χ1) is 9.06. The minimum Gasteiger partial charge on any atom is -0.312 e. The lowest BCUT2D eigenvalue weighted by Gasteiger charge is -2.08. The van der Waals surface area contributed by atoms with Gasteiger partial charge in [-0.2, -0.15) is 4.37 Å². The van der Waals surface area contributed by atoms with E-state index in [9.17, 15) is 9.18 Å². The first-order valence-corrected chi connectivity index (χ1v) is 6.58. The second-order valence-electron chi connectivity index (χ2n) is 4.72. The molecule has 6 heteroatoms. The molecule has 1 aromatic carbocycles. The second kappa shape index (κ2) is 4.40. The summed E-state index contributed by atoms with van der Waals surface area (Å²) in [5.41, 5.74) is 0.625. The maximum Gasteiger partial charge on any atom is 0.257 e. The number of aromatic amines is 1. The first kappa shape index (κ1) is 12.3. The minimum atomic E-state index is -0.408. The van der Waals surface area contributed by atoms with Gasteiger partial charge in [0, 0.05) is 11.9 Å². The third-order valence-electron chi connectivity index (χ3n) is 2.95. The maximum atomic E-state index is 13.3. The smallest absolute Gasteiger partial charge is 0.257 e. The number of pyridine rings is 1. The predicted molar refractivity (Wildman–Crippen MR) is 75.1 cm³/mol. The molecule has 0 aliphatic heterocycles. The molecule has 0 amide bonds. The maximum absolute atomic E-state index is 13.3. The summed E-state index contributed by atoms with van der Waals surface area (Å²) in [5.74, 6) is -0.408. The molecule has 0 fully saturated rings. The van der Waals surface area contributed by atoms with Gasteiger partial charge < -0.3 is 9.88 Å². The van der Waals surface area contributed by atoms with Crippen molar-refractivity contribution in [2.24, 2.45) is 0 Å². The molecule has 0 saturated carbocycles. The number of hydrogen-bond donors (Lipinski definition) is 1. The van der Waals surface area contributed by atoms with Crippen LogP contribution >= 0.6 is 11.5 Å². The van der Waals surface area contributed by atoms with Gasteiger partial charge in [-0.15, -0.1) is 0 Å². The predicted octanol–water partition coefficient (Wildman–Crippen LogP) is 2.34. The van der Waals surface area contributed by atoms with Crippen LogP contribution in [0.25, 0.3) is 21.0 Å². The topological polar surface area (TPSA) is 49.0 Å². The van der Waals surface area contributed by atoms with Gasteiger partial charge in [0.25, 0.3) is 5.56 Å². The molecular weight excluding hydrogens is 265 g/mol. The zero-order valence-corrected chi connectivity index (χ0v) is 11.3. The largest absolute Gasteiger partial charge is 0.312 e. The van der Waals surface area contributed by atoms with Gasteiger partial charge in [0.2, 0.25) is 0 Å².